The van der Waals surface area contributed by atoms with Gasteiger partial charge in [0.15, 0.2) is 0 Å². The van der Waals surface area contributed by atoms with Crippen molar-refractivity contribution in [2.45, 2.75) is 0 Å². The minimum Gasteiger partial charge on any atom is -0.383 e. The molecular weight excluding hydrogens is 246 g/mol. The highest BCUT2D eigenvalue weighted by Gasteiger charge is 2.17. The molecule has 1 aliphatic heterocycles. The van der Waals surface area contributed by atoms with Gasteiger partial charge in [-0.1, -0.05) is 12.1 Å². The first-order valence-electron chi connectivity index (χ1n) is 6.09. The Bertz CT molecular complexity index is 650. The van der Waals surface area contributed by atoms with Crippen molar-refractivity contribution in [2.75, 3.05) is 18.4 Å². The van der Waals surface area contributed by atoms with Crippen LogP contribution in [0.4, 0.5) is 14.5 Å². The molecule has 1 N–H and O–H groups in total. The number of fused-ring (bicyclic) bond motifs is 1. The SMILES string of the molecule is Fc1ccc2c(c1)C(c1ccccc1F)=NCCN2. The van der Waals surface area contributed by atoms with E-state index in [0.29, 0.717) is 29.9 Å². The van der Waals surface area contributed by atoms with E-state index in [4.69, 9.17) is 0 Å². The fraction of sp³-hybridized carbons (Fsp3) is 0.133. The summed E-state index contributed by atoms with van der Waals surface area (Å²) in [7, 11) is 0. The Morgan fingerprint density at radius 2 is 1.84 bits per heavy atom. The van der Waals surface area contributed by atoms with Crippen molar-refractivity contribution < 1.29 is 8.78 Å². The van der Waals surface area contributed by atoms with Gasteiger partial charge in [0.1, 0.15) is 11.6 Å². The van der Waals surface area contributed by atoms with Crippen LogP contribution >= 0.6 is 0 Å². The molecule has 2 aromatic rings. The Hall–Kier alpha value is -2.23. The van der Waals surface area contributed by atoms with E-state index in [1.54, 1.807) is 24.3 Å². The first kappa shape index (κ1) is 11.8. The highest BCUT2D eigenvalue weighted by molar-refractivity contribution is 6.16. The fourth-order valence-corrected chi connectivity index (χ4v) is 2.19. The molecule has 2 aromatic carbocycles. The summed E-state index contributed by atoms with van der Waals surface area (Å²) in [5.74, 6) is -0.704. The third-order valence-electron chi connectivity index (χ3n) is 3.06. The molecular formula is C15H12F2N2. The van der Waals surface area contributed by atoms with E-state index in [0.717, 1.165) is 5.69 Å². The molecule has 0 atom stereocenters. The minimum atomic E-state index is -0.355. The first-order chi connectivity index (χ1) is 9.25. The molecule has 0 fully saturated rings. The molecule has 1 heterocycles. The van der Waals surface area contributed by atoms with Crippen molar-refractivity contribution in [1.29, 1.82) is 0 Å². The zero-order valence-corrected chi connectivity index (χ0v) is 10.2. The number of nitrogens with zero attached hydrogens (tertiary/aromatic N) is 1. The van der Waals surface area contributed by atoms with Crippen LogP contribution in [0.15, 0.2) is 47.5 Å². The van der Waals surface area contributed by atoms with Crippen LogP contribution in [0.5, 0.6) is 0 Å². The van der Waals surface area contributed by atoms with Crippen LogP contribution < -0.4 is 5.32 Å². The summed E-state index contributed by atoms with van der Waals surface area (Å²) in [5.41, 5.74) is 2.28. The maximum Gasteiger partial charge on any atom is 0.132 e. The number of hydrogen-bond acceptors (Lipinski definition) is 2. The molecule has 19 heavy (non-hydrogen) atoms. The summed E-state index contributed by atoms with van der Waals surface area (Å²) in [4.78, 5) is 4.38. The number of aliphatic imine (C=N–C) groups is 1. The molecule has 0 radical (unpaired) electrons. The number of anilines is 1. The quantitative estimate of drug-likeness (QED) is 0.834. The monoisotopic (exact) mass is 258 g/mol. The molecule has 0 saturated heterocycles. The van der Waals surface area contributed by atoms with E-state index >= 15 is 0 Å². The number of nitrogens with one attached hydrogen (secondary N) is 1. The zero-order valence-electron chi connectivity index (χ0n) is 10.2. The molecule has 0 amide bonds. The predicted molar refractivity (Wildman–Crippen MR) is 71.8 cm³/mol. The molecule has 0 unspecified atom stereocenters. The summed E-state index contributed by atoms with van der Waals surface area (Å²) in [6.07, 6.45) is 0. The number of halogens is 2. The highest BCUT2D eigenvalue weighted by atomic mass is 19.1. The van der Waals surface area contributed by atoms with Crippen LogP contribution in [0, 0.1) is 11.6 Å². The van der Waals surface area contributed by atoms with Crippen molar-refractivity contribution in [3.8, 4) is 0 Å². The molecule has 2 nitrogen and oxygen atoms in total. The van der Waals surface area contributed by atoms with Gasteiger partial charge in [0.25, 0.3) is 0 Å². The third kappa shape index (κ3) is 2.21. The Balaban J connectivity index is 2.20. The van der Waals surface area contributed by atoms with Crippen molar-refractivity contribution in [2.24, 2.45) is 4.99 Å². The lowest BCUT2D eigenvalue weighted by molar-refractivity contribution is 0.624. The normalized spacial score (nSPS) is 14.1. The molecule has 0 bridgehead atoms. The van der Waals surface area contributed by atoms with E-state index in [-0.39, 0.29) is 11.6 Å². The average molecular weight is 258 g/mol. The van der Waals surface area contributed by atoms with Gasteiger partial charge >= 0.3 is 0 Å². The maximum absolute atomic E-state index is 13.9. The third-order valence-corrected chi connectivity index (χ3v) is 3.06. The van der Waals surface area contributed by atoms with Crippen molar-refractivity contribution in [3.63, 3.8) is 0 Å². The molecule has 3 rings (SSSR count). The molecule has 0 aromatic heterocycles. The summed E-state index contributed by atoms with van der Waals surface area (Å²) in [6, 6.07) is 10.9. The Morgan fingerprint density at radius 1 is 1.00 bits per heavy atom. The van der Waals surface area contributed by atoms with E-state index in [9.17, 15) is 8.78 Å². The van der Waals surface area contributed by atoms with Crippen molar-refractivity contribution in [1.82, 2.24) is 0 Å². The zero-order chi connectivity index (χ0) is 13.2. The van der Waals surface area contributed by atoms with Crippen LogP contribution in [-0.4, -0.2) is 18.8 Å². The second-order valence-electron chi connectivity index (χ2n) is 4.33. The molecule has 96 valence electrons. The largest absolute Gasteiger partial charge is 0.383 e. The van der Waals surface area contributed by atoms with Crippen LogP contribution in [0.2, 0.25) is 0 Å². The summed E-state index contributed by atoms with van der Waals surface area (Å²) < 4.78 is 27.3. The topological polar surface area (TPSA) is 24.4 Å². The number of hydrogen-bond donors (Lipinski definition) is 1. The standard InChI is InChI=1S/C15H12F2N2/c16-10-5-6-14-12(9-10)15(19-8-7-18-14)11-3-1-2-4-13(11)17/h1-6,9,18H,7-8H2. The lowest BCUT2D eigenvalue weighted by Gasteiger charge is -2.11. The van der Waals surface area contributed by atoms with Gasteiger partial charge in [-0.25, -0.2) is 8.78 Å². The summed E-state index contributed by atoms with van der Waals surface area (Å²) in [5, 5.41) is 3.17. The predicted octanol–water partition coefficient (Wildman–Crippen LogP) is 3.23. The van der Waals surface area contributed by atoms with E-state index in [2.05, 4.69) is 10.3 Å². The molecule has 0 saturated carbocycles. The molecule has 4 heteroatoms. The number of rotatable bonds is 1. The second kappa shape index (κ2) is 4.80. The van der Waals surface area contributed by atoms with Gasteiger partial charge in [-0.05, 0) is 30.3 Å². The summed E-state index contributed by atoms with van der Waals surface area (Å²) >= 11 is 0. The molecule has 0 aliphatic carbocycles. The number of benzodiazepines with no additional fused rings is 1. The van der Waals surface area contributed by atoms with Crippen LogP contribution in [0.1, 0.15) is 11.1 Å². The van der Waals surface area contributed by atoms with E-state index in [1.807, 2.05) is 0 Å². The van der Waals surface area contributed by atoms with Crippen LogP contribution in [-0.2, 0) is 0 Å². The smallest absolute Gasteiger partial charge is 0.132 e. The first-order valence-corrected chi connectivity index (χ1v) is 6.09. The van der Waals surface area contributed by atoms with E-state index in [1.165, 1.54) is 18.2 Å². The van der Waals surface area contributed by atoms with Gasteiger partial charge in [-0.15, -0.1) is 0 Å². The van der Waals surface area contributed by atoms with Gasteiger partial charge in [0, 0.05) is 23.4 Å². The summed E-state index contributed by atoms with van der Waals surface area (Å²) in [6.45, 7) is 1.18. The Labute approximate surface area is 109 Å². The Morgan fingerprint density at radius 3 is 2.68 bits per heavy atom. The lowest BCUT2D eigenvalue weighted by Crippen LogP contribution is -2.07. The fourth-order valence-electron chi connectivity index (χ4n) is 2.19. The Kier molecular flexibility index (Phi) is 2.99. The van der Waals surface area contributed by atoms with Gasteiger partial charge in [0.2, 0.25) is 0 Å². The molecule has 1 aliphatic rings. The molecule has 0 spiro atoms. The van der Waals surface area contributed by atoms with Gasteiger partial charge < -0.3 is 5.32 Å². The van der Waals surface area contributed by atoms with Gasteiger partial charge in [-0.2, -0.15) is 0 Å². The number of benzene rings is 2. The minimum absolute atomic E-state index is 0.349. The van der Waals surface area contributed by atoms with Gasteiger partial charge in [0.05, 0.1) is 12.3 Å². The van der Waals surface area contributed by atoms with Gasteiger partial charge in [-0.3, -0.25) is 4.99 Å². The van der Waals surface area contributed by atoms with Crippen molar-refractivity contribution in [3.05, 3.63) is 65.2 Å². The lowest BCUT2D eigenvalue weighted by atomic mass is 10.00. The van der Waals surface area contributed by atoms with Crippen LogP contribution in [0.25, 0.3) is 0 Å². The average Bonchev–Trinajstić information content (AvgIpc) is 2.61. The maximum atomic E-state index is 13.9. The van der Waals surface area contributed by atoms with Crippen LogP contribution in [0.3, 0.4) is 0 Å². The van der Waals surface area contributed by atoms with Crippen molar-refractivity contribution >= 4 is 11.4 Å². The second-order valence-corrected chi connectivity index (χ2v) is 4.33. The highest BCUT2D eigenvalue weighted by Crippen LogP contribution is 2.24. The van der Waals surface area contributed by atoms with E-state index < -0.39 is 0 Å².